The molecule has 108 valence electrons. The van der Waals surface area contributed by atoms with Crippen molar-refractivity contribution in [2.24, 2.45) is 0 Å². The zero-order valence-corrected chi connectivity index (χ0v) is 12.2. The van der Waals surface area contributed by atoms with Crippen LogP contribution in [0.1, 0.15) is 19.4 Å². The second-order valence-electron chi connectivity index (χ2n) is 3.97. The van der Waals surface area contributed by atoms with Gasteiger partial charge in [-0.05, 0) is 32.0 Å². The molecule has 2 N–H and O–H groups in total. The molecule has 0 saturated heterocycles. The van der Waals surface area contributed by atoms with Gasteiger partial charge >= 0.3 is 16.3 Å². The Bertz CT molecular complexity index is 652. The van der Waals surface area contributed by atoms with Crippen LogP contribution in [0, 0.1) is 11.3 Å². The van der Waals surface area contributed by atoms with E-state index in [1.165, 1.54) is 18.2 Å². The molecule has 1 amide bonds. The number of amides is 1. The Labute approximate surface area is 121 Å². The maximum absolute atomic E-state index is 11.7. The van der Waals surface area contributed by atoms with Crippen LogP contribution in [0.5, 0.6) is 0 Å². The minimum atomic E-state index is -4.20. The summed E-state index contributed by atoms with van der Waals surface area (Å²) in [6, 6.07) is 5.88. The minimum Gasteiger partial charge on any atom is -0.446 e. The molecule has 0 aliphatic heterocycles. The molecule has 0 spiro atoms. The quantitative estimate of drug-likeness (QED) is 0.883. The summed E-state index contributed by atoms with van der Waals surface area (Å²) < 4.78 is 31.7. The number of benzene rings is 1. The molecule has 0 saturated carbocycles. The number of nitrogens with zero attached hydrogens (tertiary/aromatic N) is 1. The predicted molar refractivity (Wildman–Crippen MR) is 73.5 cm³/mol. The van der Waals surface area contributed by atoms with Crippen molar-refractivity contribution in [2.45, 2.75) is 20.0 Å². The Balaban J connectivity index is 2.87. The van der Waals surface area contributed by atoms with Gasteiger partial charge in [-0.3, -0.25) is 4.72 Å². The van der Waals surface area contributed by atoms with Crippen molar-refractivity contribution in [3.8, 4) is 6.07 Å². The van der Waals surface area contributed by atoms with Crippen LogP contribution in [0.2, 0.25) is 5.02 Å². The Hall–Kier alpha value is -1.98. The second-order valence-corrected chi connectivity index (χ2v) is 5.79. The molecule has 20 heavy (non-hydrogen) atoms. The van der Waals surface area contributed by atoms with Gasteiger partial charge in [0.25, 0.3) is 0 Å². The van der Waals surface area contributed by atoms with E-state index in [-0.39, 0.29) is 16.3 Å². The largest absolute Gasteiger partial charge is 0.446 e. The Morgan fingerprint density at radius 3 is 2.65 bits per heavy atom. The molecule has 0 fully saturated rings. The van der Waals surface area contributed by atoms with Crippen LogP contribution in [0.4, 0.5) is 10.5 Å². The number of carbonyl (C=O) groups is 1. The van der Waals surface area contributed by atoms with Crippen LogP contribution in [-0.2, 0) is 14.9 Å². The van der Waals surface area contributed by atoms with Crippen LogP contribution in [0.25, 0.3) is 0 Å². The topological polar surface area (TPSA) is 108 Å². The lowest BCUT2D eigenvalue weighted by molar-refractivity contribution is 0.121. The molecule has 0 radical (unpaired) electrons. The summed E-state index contributed by atoms with van der Waals surface area (Å²) in [4.78, 5) is 11.2. The molecule has 0 aliphatic carbocycles. The van der Waals surface area contributed by atoms with Gasteiger partial charge in [-0.15, -0.1) is 0 Å². The zero-order chi connectivity index (χ0) is 15.3. The van der Waals surface area contributed by atoms with Crippen molar-refractivity contribution in [2.75, 3.05) is 4.72 Å². The Morgan fingerprint density at radius 2 is 2.10 bits per heavy atom. The Kier molecular flexibility index (Phi) is 5.19. The lowest BCUT2D eigenvalue weighted by Crippen LogP contribution is -2.36. The highest BCUT2D eigenvalue weighted by Gasteiger charge is 2.17. The third-order valence-electron chi connectivity index (χ3n) is 1.90. The first-order valence-electron chi connectivity index (χ1n) is 5.44. The number of nitriles is 1. The summed E-state index contributed by atoms with van der Waals surface area (Å²) >= 11 is 5.80. The molecule has 0 bridgehead atoms. The number of anilines is 1. The summed E-state index contributed by atoms with van der Waals surface area (Å²) in [6.45, 7) is 3.15. The number of hydrogen-bond acceptors (Lipinski definition) is 5. The van der Waals surface area contributed by atoms with Gasteiger partial charge in [0, 0.05) is 0 Å². The molecule has 0 aromatic heterocycles. The van der Waals surface area contributed by atoms with Crippen molar-refractivity contribution in [3.63, 3.8) is 0 Å². The first-order valence-corrected chi connectivity index (χ1v) is 7.30. The summed E-state index contributed by atoms with van der Waals surface area (Å²) in [5.74, 6) is 0. The number of halogens is 1. The molecule has 0 unspecified atom stereocenters. The first kappa shape index (κ1) is 16.1. The highest BCUT2D eigenvalue weighted by atomic mass is 35.5. The van der Waals surface area contributed by atoms with Gasteiger partial charge in [-0.25, -0.2) is 9.52 Å². The first-order chi connectivity index (χ1) is 9.23. The standard InChI is InChI=1S/C11H12ClN3O4S/c1-7(2)19-11(16)15-20(17,18)14-10-5-8(6-13)3-4-9(10)12/h3-5,7,14H,1-2H3,(H,15,16). The lowest BCUT2D eigenvalue weighted by atomic mass is 10.2. The molecule has 1 rings (SSSR count). The third-order valence-corrected chi connectivity index (χ3v) is 3.15. The van der Waals surface area contributed by atoms with Crippen molar-refractivity contribution >= 4 is 33.6 Å². The van der Waals surface area contributed by atoms with E-state index in [4.69, 9.17) is 16.9 Å². The fourth-order valence-corrected chi connectivity index (χ4v) is 2.19. The summed E-state index contributed by atoms with van der Waals surface area (Å²) in [5.41, 5.74) is 0.201. The van der Waals surface area contributed by atoms with Crippen molar-refractivity contribution in [1.82, 2.24) is 4.72 Å². The van der Waals surface area contributed by atoms with Crippen molar-refractivity contribution < 1.29 is 17.9 Å². The summed E-state index contributed by atoms with van der Waals surface area (Å²) in [7, 11) is -4.20. The zero-order valence-electron chi connectivity index (χ0n) is 10.7. The van der Waals surface area contributed by atoms with Gasteiger partial charge in [0.2, 0.25) is 0 Å². The molecule has 1 aromatic carbocycles. The van der Waals surface area contributed by atoms with Gasteiger partial charge < -0.3 is 4.74 Å². The van der Waals surface area contributed by atoms with Crippen LogP contribution < -0.4 is 9.44 Å². The molecular weight excluding hydrogens is 306 g/mol. The van der Waals surface area contributed by atoms with Crippen LogP contribution in [0.15, 0.2) is 18.2 Å². The van der Waals surface area contributed by atoms with E-state index in [0.717, 1.165) is 0 Å². The van der Waals surface area contributed by atoms with E-state index in [1.807, 2.05) is 10.8 Å². The van der Waals surface area contributed by atoms with Crippen molar-refractivity contribution in [3.05, 3.63) is 28.8 Å². The van der Waals surface area contributed by atoms with Crippen LogP contribution in [-0.4, -0.2) is 20.6 Å². The SMILES string of the molecule is CC(C)OC(=O)NS(=O)(=O)Nc1cc(C#N)ccc1Cl. The molecule has 0 heterocycles. The number of rotatable bonds is 4. The second kappa shape index (κ2) is 6.45. The Morgan fingerprint density at radius 1 is 1.45 bits per heavy atom. The fourth-order valence-electron chi connectivity index (χ4n) is 1.19. The molecule has 1 aromatic rings. The monoisotopic (exact) mass is 317 g/mol. The van der Waals surface area contributed by atoms with Gasteiger partial charge in [-0.2, -0.15) is 13.7 Å². The van der Waals surface area contributed by atoms with Crippen LogP contribution in [0.3, 0.4) is 0 Å². The maximum Gasteiger partial charge on any atom is 0.422 e. The number of ether oxygens (including phenoxy) is 1. The fraction of sp³-hybridized carbons (Fsp3) is 0.273. The lowest BCUT2D eigenvalue weighted by Gasteiger charge is -2.12. The average molecular weight is 318 g/mol. The molecule has 7 nitrogen and oxygen atoms in total. The third kappa shape index (κ3) is 4.95. The molecule has 9 heteroatoms. The van der Waals surface area contributed by atoms with E-state index in [9.17, 15) is 13.2 Å². The van der Waals surface area contributed by atoms with Gasteiger partial charge in [0.15, 0.2) is 0 Å². The molecular formula is C11H12ClN3O4S. The predicted octanol–water partition coefficient (Wildman–Crippen LogP) is 2.00. The van der Waals surface area contributed by atoms with Gasteiger partial charge in [0.1, 0.15) is 0 Å². The smallest absolute Gasteiger partial charge is 0.422 e. The van der Waals surface area contributed by atoms with Crippen molar-refractivity contribution in [1.29, 1.82) is 5.26 Å². The minimum absolute atomic E-state index is 0.0180. The molecule has 0 atom stereocenters. The average Bonchev–Trinajstić information content (AvgIpc) is 2.29. The summed E-state index contributed by atoms with van der Waals surface area (Å²) in [5, 5.41) is 8.83. The van der Waals surface area contributed by atoms with E-state index >= 15 is 0 Å². The number of nitrogens with one attached hydrogen (secondary N) is 2. The number of carbonyl (C=O) groups excluding carboxylic acids is 1. The van der Waals surface area contributed by atoms with Crippen LogP contribution >= 0.6 is 11.6 Å². The van der Waals surface area contributed by atoms with E-state index in [0.29, 0.717) is 0 Å². The number of hydrogen-bond donors (Lipinski definition) is 2. The van der Waals surface area contributed by atoms with E-state index in [1.54, 1.807) is 18.6 Å². The highest BCUT2D eigenvalue weighted by Crippen LogP contribution is 2.23. The molecule has 0 aliphatic rings. The van der Waals surface area contributed by atoms with Gasteiger partial charge in [-0.1, -0.05) is 11.6 Å². The van der Waals surface area contributed by atoms with E-state index < -0.39 is 22.4 Å². The van der Waals surface area contributed by atoms with Gasteiger partial charge in [0.05, 0.1) is 28.4 Å². The highest BCUT2D eigenvalue weighted by molar-refractivity contribution is 7.91. The summed E-state index contributed by atoms with van der Waals surface area (Å²) in [6.07, 6.45) is -1.57. The maximum atomic E-state index is 11.7. The normalized spacial score (nSPS) is 10.8. The van der Waals surface area contributed by atoms with E-state index in [2.05, 4.69) is 4.74 Å².